The molecule has 0 aliphatic heterocycles. The molecule has 0 unspecified atom stereocenters. The van der Waals surface area contributed by atoms with Crippen LogP contribution in [0.15, 0.2) is 36.4 Å². The first kappa shape index (κ1) is 20.3. The van der Waals surface area contributed by atoms with Gasteiger partial charge in [0.05, 0.1) is 19.3 Å². The molecule has 0 heterocycles. The van der Waals surface area contributed by atoms with Gasteiger partial charge >= 0.3 is 0 Å². The summed E-state index contributed by atoms with van der Waals surface area (Å²) in [5.41, 5.74) is 2.91. The van der Waals surface area contributed by atoms with Gasteiger partial charge in [-0.15, -0.1) is 0 Å². The molecule has 0 aromatic heterocycles. The van der Waals surface area contributed by atoms with E-state index in [4.69, 9.17) is 4.18 Å². The topological polar surface area (TPSA) is 12.5 Å². The van der Waals surface area contributed by atoms with E-state index >= 15 is 0 Å². The van der Waals surface area contributed by atoms with Crippen LogP contribution in [0.5, 0.6) is 0 Å². The van der Waals surface area contributed by atoms with Gasteiger partial charge in [0.1, 0.15) is 0 Å². The van der Waals surface area contributed by atoms with Gasteiger partial charge in [-0.05, 0) is 54.6 Å². The Morgan fingerprint density at radius 2 is 1.44 bits per heavy atom. The van der Waals surface area contributed by atoms with E-state index in [2.05, 4.69) is 54.7 Å². The van der Waals surface area contributed by atoms with E-state index in [1.54, 1.807) is 7.11 Å². The van der Waals surface area contributed by atoms with Crippen LogP contribution in [0.4, 0.5) is 0 Å². The summed E-state index contributed by atoms with van der Waals surface area (Å²) in [7, 11) is 3.78. The summed E-state index contributed by atoms with van der Waals surface area (Å²) in [6, 6.07) is 13.9. The summed E-state index contributed by atoms with van der Waals surface area (Å²) in [5.74, 6) is 0. The first-order valence-electron chi connectivity index (χ1n) is 9.66. The molecular formula is C22H33NOS. The fourth-order valence-electron chi connectivity index (χ4n) is 3.26. The van der Waals surface area contributed by atoms with Crippen molar-refractivity contribution < 1.29 is 4.18 Å². The molecule has 138 valence electrons. The number of aryl methyl sites for hydroxylation is 2. The van der Waals surface area contributed by atoms with Crippen LogP contribution in [0.1, 0.15) is 56.6 Å². The Morgan fingerprint density at radius 3 is 2.04 bits per heavy atom. The largest absolute Gasteiger partial charge is 0.304 e. The maximum Gasteiger partial charge on any atom is 0.0813 e. The number of fused-ring (bicyclic) bond motifs is 1. The Bertz CT molecular complexity index is 628. The number of unbranched alkanes of at least 4 members (excludes halogenated alkanes) is 4. The zero-order valence-electron chi connectivity index (χ0n) is 16.1. The second kappa shape index (κ2) is 11.6. The van der Waals surface area contributed by atoms with Crippen LogP contribution in [-0.4, -0.2) is 25.0 Å². The van der Waals surface area contributed by atoms with Gasteiger partial charge in [-0.1, -0.05) is 69.0 Å². The van der Waals surface area contributed by atoms with Crippen molar-refractivity contribution in [3.05, 3.63) is 47.5 Å². The van der Waals surface area contributed by atoms with Crippen molar-refractivity contribution in [1.82, 2.24) is 4.31 Å². The molecule has 0 aliphatic rings. The third-order valence-electron chi connectivity index (χ3n) is 4.68. The second-order valence-corrected chi connectivity index (χ2v) is 7.98. The molecule has 0 atom stereocenters. The highest BCUT2D eigenvalue weighted by atomic mass is 32.2. The molecule has 0 saturated heterocycles. The predicted molar refractivity (Wildman–Crippen MR) is 112 cm³/mol. The lowest BCUT2D eigenvalue weighted by atomic mass is 9.99. The van der Waals surface area contributed by atoms with E-state index in [0.717, 1.165) is 19.4 Å². The molecule has 0 N–H and O–H groups in total. The molecule has 2 aromatic carbocycles. The molecule has 25 heavy (non-hydrogen) atoms. The smallest absolute Gasteiger partial charge is 0.0813 e. The van der Waals surface area contributed by atoms with Gasteiger partial charge in [-0.25, -0.2) is 4.31 Å². The van der Waals surface area contributed by atoms with E-state index in [0.29, 0.717) is 0 Å². The van der Waals surface area contributed by atoms with Crippen molar-refractivity contribution in [3.8, 4) is 0 Å². The molecule has 2 rings (SSSR count). The zero-order valence-corrected chi connectivity index (χ0v) is 16.9. The zero-order chi connectivity index (χ0) is 17.9. The summed E-state index contributed by atoms with van der Waals surface area (Å²) < 4.78 is 7.20. The van der Waals surface area contributed by atoms with E-state index in [9.17, 15) is 0 Å². The minimum absolute atomic E-state index is 1.04. The van der Waals surface area contributed by atoms with E-state index in [1.165, 1.54) is 72.7 Å². The lowest BCUT2D eigenvalue weighted by Gasteiger charge is -2.12. The molecule has 0 spiro atoms. The lowest BCUT2D eigenvalue weighted by Crippen LogP contribution is -2.11. The molecule has 3 heteroatoms. The van der Waals surface area contributed by atoms with Crippen LogP contribution in [0.3, 0.4) is 0 Å². The van der Waals surface area contributed by atoms with Gasteiger partial charge < -0.3 is 4.18 Å². The Labute approximate surface area is 158 Å². The highest BCUT2D eigenvalue weighted by molar-refractivity contribution is 7.92. The molecular weight excluding hydrogens is 326 g/mol. The fraction of sp³-hybridized carbons (Fsp3) is 0.545. The summed E-state index contributed by atoms with van der Waals surface area (Å²) in [4.78, 5) is 0. The lowest BCUT2D eigenvalue weighted by molar-refractivity contribution is 0.431. The normalized spacial score (nSPS) is 11.5. The quantitative estimate of drug-likeness (QED) is 0.246. The SMILES string of the molecule is CCCCCCCc1ccc2cc(CCCN(C)SOC)ccc2c1. The molecule has 0 aliphatic carbocycles. The molecule has 0 radical (unpaired) electrons. The Balaban J connectivity index is 1.85. The number of benzene rings is 2. The third kappa shape index (κ3) is 7.39. The van der Waals surface area contributed by atoms with Gasteiger partial charge in [0.2, 0.25) is 0 Å². The maximum atomic E-state index is 5.06. The molecule has 0 fully saturated rings. The van der Waals surface area contributed by atoms with Gasteiger partial charge in [0.15, 0.2) is 0 Å². The molecule has 2 aromatic rings. The number of hydrogen-bond donors (Lipinski definition) is 0. The van der Waals surface area contributed by atoms with Crippen molar-refractivity contribution in [1.29, 1.82) is 0 Å². The van der Waals surface area contributed by atoms with Crippen molar-refractivity contribution >= 4 is 23.0 Å². The number of rotatable bonds is 12. The van der Waals surface area contributed by atoms with Crippen LogP contribution in [0, 0.1) is 0 Å². The summed E-state index contributed by atoms with van der Waals surface area (Å²) in [6.45, 7) is 3.31. The number of hydrogen-bond acceptors (Lipinski definition) is 3. The Hall–Kier alpha value is -1.03. The molecule has 0 bridgehead atoms. The molecule has 0 saturated carbocycles. The van der Waals surface area contributed by atoms with E-state index in [-0.39, 0.29) is 0 Å². The average Bonchev–Trinajstić information content (AvgIpc) is 2.62. The minimum Gasteiger partial charge on any atom is -0.304 e. The summed E-state index contributed by atoms with van der Waals surface area (Å²) in [6.07, 6.45) is 10.2. The summed E-state index contributed by atoms with van der Waals surface area (Å²) >= 11 is 1.41. The van der Waals surface area contributed by atoms with Crippen LogP contribution < -0.4 is 0 Å². The van der Waals surface area contributed by atoms with E-state index in [1.807, 2.05) is 0 Å². The standard InChI is InChI=1S/C22H33NOS/c1-4-5-6-7-8-10-19-12-14-22-18-20(13-15-21(22)17-19)11-9-16-23(2)25-24-3/h12-15,17-18H,4-11,16H2,1-3H3. The van der Waals surface area contributed by atoms with Gasteiger partial charge in [0, 0.05) is 6.54 Å². The van der Waals surface area contributed by atoms with Crippen molar-refractivity contribution in [2.45, 2.75) is 58.3 Å². The van der Waals surface area contributed by atoms with Crippen molar-refractivity contribution in [2.24, 2.45) is 0 Å². The van der Waals surface area contributed by atoms with Crippen LogP contribution in [0.2, 0.25) is 0 Å². The van der Waals surface area contributed by atoms with Crippen LogP contribution in [-0.2, 0) is 17.0 Å². The Kier molecular flexibility index (Phi) is 9.38. The highest BCUT2D eigenvalue weighted by Crippen LogP contribution is 2.20. The summed E-state index contributed by atoms with van der Waals surface area (Å²) in [5, 5.41) is 2.74. The molecule has 2 nitrogen and oxygen atoms in total. The third-order valence-corrected chi connectivity index (χ3v) is 5.26. The Morgan fingerprint density at radius 1 is 0.840 bits per heavy atom. The van der Waals surface area contributed by atoms with Crippen LogP contribution >= 0.6 is 12.2 Å². The van der Waals surface area contributed by atoms with E-state index < -0.39 is 0 Å². The molecule has 0 amide bonds. The van der Waals surface area contributed by atoms with Gasteiger partial charge in [-0.3, -0.25) is 0 Å². The predicted octanol–water partition coefficient (Wildman–Crippen LogP) is 6.43. The van der Waals surface area contributed by atoms with Gasteiger partial charge in [0.25, 0.3) is 0 Å². The monoisotopic (exact) mass is 359 g/mol. The maximum absolute atomic E-state index is 5.06. The highest BCUT2D eigenvalue weighted by Gasteiger charge is 2.02. The van der Waals surface area contributed by atoms with Crippen molar-refractivity contribution in [3.63, 3.8) is 0 Å². The van der Waals surface area contributed by atoms with Crippen molar-refractivity contribution in [2.75, 3.05) is 20.7 Å². The fourth-order valence-corrected chi connectivity index (χ4v) is 3.72. The minimum atomic E-state index is 1.04. The second-order valence-electron chi connectivity index (χ2n) is 6.88. The first-order chi connectivity index (χ1) is 12.2. The first-order valence-corrected chi connectivity index (χ1v) is 10.4. The number of nitrogens with zero attached hydrogens (tertiary/aromatic N) is 1. The van der Waals surface area contributed by atoms with Crippen LogP contribution in [0.25, 0.3) is 10.8 Å². The average molecular weight is 360 g/mol. The van der Waals surface area contributed by atoms with Gasteiger partial charge in [-0.2, -0.15) is 0 Å².